The Morgan fingerprint density at radius 2 is 2.21 bits per heavy atom. The number of carbonyl (C=O) groups excluding carboxylic acids is 1. The van der Waals surface area contributed by atoms with Crippen molar-refractivity contribution in [3.8, 4) is 0 Å². The Hall–Kier alpha value is -1.49. The number of piperidine rings is 1. The van der Waals surface area contributed by atoms with Gasteiger partial charge in [-0.05, 0) is 37.9 Å². The zero-order valence-electron chi connectivity index (χ0n) is 11.0. The molecule has 3 nitrogen and oxygen atoms in total. The molecule has 1 aromatic carbocycles. The summed E-state index contributed by atoms with van der Waals surface area (Å²) in [5, 5.41) is 3.15. The summed E-state index contributed by atoms with van der Waals surface area (Å²) in [7, 11) is 0. The fraction of sp³-hybridized carbons (Fsp3) is 0.500. The second-order valence-electron chi connectivity index (χ2n) is 4.73. The number of benzene rings is 1. The third kappa shape index (κ3) is 3.10. The van der Waals surface area contributed by atoms with Gasteiger partial charge in [0.15, 0.2) is 0 Å². The fourth-order valence-corrected chi connectivity index (χ4v) is 2.32. The highest BCUT2D eigenvalue weighted by Crippen LogP contribution is 2.25. The molecule has 5 heteroatoms. The van der Waals surface area contributed by atoms with Crippen LogP contribution >= 0.6 is 0 Å². The molecule has 0 saturated carbocycles. The standard InChI is InChI=1S/C14H18F2N2O/c1-2-7-17-12-4-3-8-18(14(12)19)13-9-10(15)5-6-11(13)16/h5-6,9,12,17H,2-4,7-8H2,1H3. The summed E-state index contributed by atoms with van der Waals surface area (Å²) >= 11 is 0. The predicted molar refractivity (Wildman–Crippen MR) is 70.0 cm³/mol. The summed E-state index contributed by atoms with van der Waals surface area (Å²) < 4.78 is 26.9. The molecule has 0 spiro atoms. The Kier molecular flexibility index (Phi) is 4.47. The Balaban J connectivity index is 2.19. The second kappa shape index (κ2) is 6.10. The third-order valence-electron chi connectivity index (χ3n) is 3.28. The lowest BCUT2D eigenvalue weighted by Gasteiger charge is -2.33. The third-order valence-corrected chi connectivity index (χ3v) is 3.28. The van der Waals surface area contributed by atoms with Crippen molar-refractivity contribution in [2.75, 3.05) is 18.0 Å². The maximum Gasteiger partial charge on any atom is 0.244 e. The molecule has 1 unspecified atom stereocenters. The van der Waals surface area contributed by atoms with Crippen LogP contribution in [0.1, 0.15) is 26.2 Å². The minimum absolute atomic E-state index is 0.0352. The molecule has 1 aliphatic rings. The van der Waals surface area contributed by atoms with Crippen LogP contribution < -0.4 is 10.2 Å². The number of rotatable bonds is 4. The number of amides is 1. The molecule has 1 atom stereocenters. The van der Waals surface area contributed by atoms with Gasteiger partial charge < -0.3 is 10.2 Å². The average molecular weight is 268 g/mol. The normalized spacial score (nSPS) is 19.8. The van der Waals surface area contributed by atoms with Crippen molar-refractivity contribution in [2.24, 2.45) is 0 Å². The quantitative estimate of drug-likeness (QED) is 0.909. The summed E-state index contributed by atoms with van der Waals surface area (Å²) in [6, 6.07) is 2.90. The van der Waals surface area contributed by atoms with Gasteiger partial charge in [0, 0.05) is 12.6 Å². The topological polar surface area (TPSA) is 32.3 Å². The summed E-state index contributed by atoms with van der Waals surface area (Å²) in [4.78, 5) is 13.6. The van der Waals surface area contributed by atoms with E-state index in [1.807, 2.05) is 6.92 Å². The first-order valence-corrected chi connectivity index (χ1v) is 6.63. The van der Waals surface area contributed by atoms with Gasteiger partial charge in [0.1, 0.15) is 11.6 Å². The van der Waals surface area contributed by atoms with E-state index in [2.05, 4.69) is 5.32 Å². The van der Waals surface area contributed by atoms with Crippen LogP contribution in [0.2, 0.25) is 0 Å². The smallest absolute Gasteiger partial charge is 0.244 e. The van der Waals surface area contributed by atoms with E-state index in [-0.39, 0.29) is 17.6 Å². The van der Waals surface area contributed by atoms with Gasteiger partial charge in [-0.1, -0.05) is 6.92 Å². The molecule has 0 aliphatic carbocycles. The largest absolute Gasteiger partial charge is 0.308 e. The number of nitrogens with zero attached hydrogens (tertiary/aromatic N) is 1. The zero-order chi connectivity index (χ0) is 13.8. The van der Waals surface area contributed by atoms with E-state index in [9.17, 15) is 13.6 Å². The minimum atomic E-state index is -0.564. The molecule has 1 aromatic rings. The van der Waals surface area contributed by atoms with Crippen LogP contribution in [-0.2, 0) is 4.79 Å². The molecule has 0 aromatic heterocycles. The van der Waals surface area contributed by atoms with Gasteiger partial charge >= 0.3 is 0 Å². The van der Waals surface area contributed by atoms with Gasteiger partial charge in [-0.25, -0.2) is 8.78 Å². The van der Waals surface area contributed by atoms with Crippen molar-refractivity contribution in [2.45, 2.75) is 32.2 Å². The zero-order valence-corrected chi connectivity index (χ0v) is 11.0. The predicted octanol–water partition coefficient (Wildman–Crippen LogP) is 2.46. The van der Waals surface area contributed by atoms with Crippen molar-refractivity contribution in [3.63, 3.8) is 0 Å². The Labute approximate surface area is 111 Å². The van der Waals surface area contributed by atoms with Crippen LogP contribution in [-0.4, -0.2) is 25.0 Å². The van der Waals surface area contributed by atoms with E-state index in [0.29, 0.717) is 6.54 Å². The average Bonchev–Trinajstić information content (AvgIpc) is 2.41. The van der Waals surface area contributed by atoms with E-state index in [0.717, 1.165) is 44.0 Å². The molecule has 1 aliphatic heterocycles. The number of halogens is 2. The van der Waals surface area contributed by atoms with Crippen molar-refractivity contribution >= 4 is 11.6 Å². The molecule has 104 valence electrons. The molecule has 1 heterocycles. The molecular weight excluding hydrogens is 250 g/mol. The lowest BCUT2D eigenvalue weighted by molar-refractivity contribution is -0.121. The highest BCUT2D eigenvalue weighted by Gasteiger charge is 2.30. The number of hydrogen-bond donors (Lipinski definition) is 1. The number of hydrogen-bond acceptors (Lipinski definition) is 2. The minimum Gasteiger partial charge on any atom is -0.308 e. The molecule has 1 N–H and O–H groups in total. The van der Waals surface area contributed by atoms with Crippen LogP contribution in [0.15, 0.2) is 18.2 Å². The highest BCUT2D eigenvalue weighted by molar-refractivity contribution is 5.98. The van der Waals surface area contributed by atoms with E-state index < -0.39 is 11.6 Å². The van der Waals surface area contributed by atoms with E-state index >= 15 is 0 Å². The van der Waals surface area contributed by atoms with Crippen LogP contribution in [0, 0.1) is 11.6 Å². The van der Waals surface area contributed by atoms with Crippen LogP contribution in [0.25, 0.3) is 0 Å². The lowest BCUT2D eigenvalue weighted by Crippen LogP contribution is -2.51. The first kappa shape index (κ1) is 13.9. The second-order valence-corrected chi connectivity index (χ2v) is 4.73. The van der Waals surface area contributed by atoms with Crippen molar-refractivity contribution < 1.29 is 13.6 Å². The van der Waals surface area contributed by atoms with Crippen molar-refractivity contribution in [1.29, 1.82) is 0 Å². The first-order valence-electron chi connectivity index (χ1n) is 6.63. The molecule has 1 amide bonds. The number of nitrogens with one attached hydrogen (secondary N) is 1. The number of anilines is 1. The van der Waals surface area contributed by atoms with Gasteiger partial charge in [0.25, 0.3) is 0 Å². The fourth-order valence-electron chi connectivity index (χ4n) is 2.32. The van der Waals surface area contributed by atoms with E-state index in [1.165, 1.54) is 4.90 Å². The summed E-state index contributed by atoms with van der Waals surface area (Å²) in [5.41, 5.74) is 0.0352. The Morgan fingerprint density at radius 3 is 2.95 bits per heavy atom. The molecule has 2 rings (SSSR count). The van der Waals surface area contributed by atoms with E-state index in [4.69, 9.17) is 0 Å². The highest BCUT2D eigenvalue weighted by atomic mass is 19.1. The molecule has 0 radical (unpaired) electrons. The molecule has 19 heavy (non-hydrogen) atoms. The first-order chi connectivity index (χ1) is 9.13. The van der Waals surface area contributed by atoms with Crippen molar-refractivity contribution in [3.05, 3.63) is 29.8 Å². The van der Waals surface area contributed by atoms with Crippen molar-refractivity contribution in [1.82, 2.24) is 5.32 Å². The van der Waals surface area contributed by atoms with Crippen LogP contribution in [0.4, 0.5) is 14.5 Å². The lowest BCUT2D eigenvalue weighted by atomic mass is 10.0. The summed E-state index contributed by atoms with van der Waals surface area (Å²) in [6.07, 6.45) is 2.45. The number of carbonyl (C=O) groups is 1. The van der Waals surface area contributed by atoms with Crippen LogP contribution in [0.3, 0.4) is 0 Å². The molecular formula is C14H18F2N2O. The summed E-state index contributed by atoms with van der Waals surface area (Å²) in [6.45, 7) is 3.20. The van der Waals surface area contributed by atoms with Crippen LogP contribution in [0.5, 0.6) is 0 Å². The van der Waals surface area contributed by atoms with Gasteiger partial charge in [-0.15, -0.1) is 0 Å². The van der Waals surface area contributed by atoms with E-state index in [1.54, 1.807) is 0 Å². The molecule has 0 bridgehead atoms. The molecule has 1 saturated heterocycles. The summed E-state index contributed by atoms with van der Waals surface area (Å²) in [5.74, 6) is -1.28. The van der Waals surface area contributed by atoms with Gasteiger partial charge in [-0.3, -0.25) is 4.79 Å². The van der Waals surface area contributed by atoms with Gasteiger partial charge in [0.05, 0.1) is 11.7 Å². The monoisotopic (exact) mass is 268 g/mol. The molecule has 1 fully saturated rings. The van der Waals surface area contributed by atoms with Gasteiger partial charge in [-0.2, -0.15) is 0 Å². The SMILES string of the molecule is CCCNC1CCCN(c2cc(F)ccc2F)C1=O. The maximum atomic E-state index is 13.7. The Bertz CT molecular complexity index is 465. The maximum absolute atomic E-state index is 13.7. The Morgan fingerprint density at radius 1 is 1.42 bits per heavy atom. The van der Waals surface area contributed by atoms with Gasteiger partial charge in [0.2, 0.25) is 5.91 Å².